The summed E-state index contributed by atoms with van der Waals surface area (Å²) in [6, 6.07) is 5.08. The fraction of sp³-hybridized carbons (Fsp3) is 0.462. The molecule has 17 heavy (non-hydrogen) atoms. The van der Waals surface area contributed by atoms with Gasteiger partial charge in [-0.1, -0.05) is 36.0 Å². The van der Waals surface area contributed by atoms with Gasteiger partial charge in [0.05, 0.1) is 0 Å². The minimum absolute atomic E-state index is 0.109. The van der Waals surface area contributed by atoms with Crippen LogP contribution in [-0.2, 0) is 0 Å². The van der Waals surface area contributed by atoms with Crippen molar-refractivity contribution in [1.82, 2.24) is 5.32 Å². The van der Waals surface area contributed by atoms with Crippen LogP contribution in [-0.4, -0.2) is 11.9 Å². The number of rotatable bonds is 4. The van der Waals surface area contributed by atoms with Gasteiger partial charge in [0.25, 0.3) is 5.91 Å². The van der Waals surface area contributed by atoms with Crippen LogP contribution < -0.4 is 5.32 Å². The molecule has 1 aliphatic carbocycles. The summed E-state index contributed by atoms with van der Waals surface area (Å²) in [5.41, 5.74) is 0.519. The summed E-state index contributed by atoms with van der Waals surface area (Å²) < 4.78 is 0. The van der Waals surface area contributed by atoms with Gasteiger partial charge < -0.3 is 5.32 Å². The predicted molar refractivity (Wildman–Crippen MR) is 70.7 cm³/mol. The fourth-order valence-electron chi connectivity index (χ4n) is 1.90. The normalized spacial score (nSPS) is 16.6. The molecule has 0 spiro atoms. The highest BCUT2D eigenvalue weighted by molar-refractivity contribution is 6.35. The largest absolute Gasteiger partial charge is 0.350 e. The number of nitrogens with one attached hydrogen (secondary N) is 1. The number of hydrogen-bond donors (Lipinski definition) is 1. The van der Waals surface area contributed by atoms with E-state index in [0.717, 1.165) is 12.3 Å². The Kier molecular flexibility index (Phi) is 3.95. The summed E-state index contributed by atoms with van der Waals surface area (Å²) in [6.45, 7) is 2.03. The highest BCUT2D eigenvalue weighted by Crippen LogP contribution is 2.33. The van der Waals surface area contributed by atoms with Crippen LogP contribution in [0.2, 0.25) is 10.0 Å². The smallest absolute Gasteiger partial charge is 0.251 e. The van der Waals surface area contributed by atoms with E-state index < -0.39 is 0 Å². The van der Waals surface area contributed by atoms with Crippen LogP contribution in [0.4, 0.5) is 0 Å². The zero-order valence-electron chi connectivity index (χ0n) is 9.67. The predicted octanol–water partition coefficient (Wildman–Crippen LogP) is 3.91. The van der Waals surface area contributed by atoms with E-state index in [1.807, 2.05) is 6.92 Å². The fourth-order valence-corrected chi connectivity index (χ4v) is 2.43. The van der Waals surface area contributed by atoms with Gasteiger partial charge in [-0.15, -0.1) is 0 Å². The molecule has 1 aliphatic rings. The molecular weight excluding hydrogens is 257 g/mol. The average Bonchev–Trinajstić information content (AvgIpc) is 2.99. The van der Waals surface area contributed by atoms with Crippen LogP contribution in [0, 0.1) is 5.92 Å². The Bertz CT molecular complexity index is 409. The molecule has 2 rings (SSSR count). The quantitative estimate of drug-likeness (QED) is 0.884. The molecule has 92 valence electrons. The second kappa shape index (κ2) is 5.28. The number of benzene rings is 1. The van der Waals surface area contributed by atoms with E-state index in [1.54, 1.807) is 18.2 Å². The van der Waals surface area contributed by atoms with Crippen molar-refractivity contribution in [2.24, 2.45) is 5.92 Å². The summed E-state index contributed by atoms with van der Waals surface area (Å²) in [7, 11) is 0. The van der Waals surface area contributed by atoms with Gasteiger partial charge in [0.1, 0.15) is 0 Å². The van der Waals surface area contributed by atoms with E-state index in [9.17, 15) is 4.79 Å². The summed E-state index contributed by atoms with van der Waals surface area (Å²) in [5.74, 6) is 0.691. The molecule has 1 aromatic carbocycles. The number of halogens is 2. The molecule has 0 aromatic heterocycles. The molecule has 1 amide bonds. The average molecular weight is 272 g/mol. The van der Waals surface area contributed by atoms with Crippen LogP contribution in [0.5, 0.6) is 0 Å². The number of carbonyl (C=O) groups is 1. The maximum absolute atomic E-state index is 11.9. The van der Waals surface area contributed by atoms with Crippen LogP contribution in [0.3, 0.4) is 0 Å². The third-order valence-electron chi connectivity index (χ3n) is 2.89. The Balaban J connectivity index is 1.97. The van der Waals surface area contributed by atoms with Crippen molar-refractivity contribution >= 4 is 29.1 Å². The van der Waals surface area contributed by atoms with Crippen LogP contribution >= 0.6 is 23.2 Å². The monoisotopic (exact) mass is 271 g/mol. The van der Waals surface area contributed by atoms with E-state index in [-0.39, 0.29) is 11.9 Å². The van der Waals surface area contributed by atoms with Crippen molar-refractivity contribution in [1.29, 1.82) is 0 Å². The minimum atomic E-state index is -0.109. The maximum Gasteiger partial charge on any atom is 0.251 e. The zero-order chi connectivity index (χ0) is 12.4. The van der Waals surface area contributed by atoms with Gasteiger partial charge in [0.15, 0.2) is 0 Å². The number of hydrogen-bond acceptors (Lipinski definition) is 1. The van der Waals surface area contributed by atoms with Crippen LogP contribution in [0.25, 0.3) is 0 Å². The lowest BCUT2D eigenvalue weighted by Crippen LogP contribution is -2.32. The first-order valence-corrected chi connectivity index (χ1v) is 6.57. The van der Waals surface area contributed by atoms with Gasteiger partial charge in [-0.2, -0.15) is 0 Å². The van der Waals surface area contributed by atoms with Crippen LogP contribution in [0.1, 0.15) is 36.5 Å². The molecule has 0 bridgehead atoms. The Morgan fingerprint density at radius 2 is 1.94 bits per heavy atom. The van der Waals surface area contributed by atoms with Crippen molar-refractivity contribution in [2.45, 2.75) is 32.2 Å². The van der Waals surface area contributed by atoms with E-state index in [0.29, 0.717) is 15.6 Å². The molecule has 0 heterocycles. The molecule has 0 saturated heterocycles. The van der Waals surface area contributed by atoms with Crippen molar-refractivity contribution in [3.63, 3.8) is 0 Å². The van der Waals surface area contributed by atoms with E-state index in [2.05, 4.69) is 5.32 Å². The third kappa shape index (κ3) is 3.90. The second-order valence-electron chi connectivity index (χ2n) is 4.71. The van der Waals surface area contributed by atoms with Gasteiger partial charge in [-0.05, 0) is 37.5 Å². The molecule has 4 heteroatoms. The highest BCUT2D eigenvalue weighted by atomic mass is 35.5. The second-order valence-corrected chi connectivity index (χ2v) is 5.58. The highest BCUT2D eigenvalue weighted by Gasteiger charge is 2.24. The van der Waals surface area contributed by atoms with Gasteiger partial charge >= 0.3 is 0 Å². The molecule has 1 N–H and O–H groups in total. The van der Waals surface area contributed by atoms with Crippen molar-refractivity contribution < 1.29 is 4.79 Å². The third-order valence-corrected chi connectivity index (χ3v) is 3.32. The summed E-state index contributed by atoms with van der Waals surface area (Å²) in [5, 5.41) is 3.93. The molecule has 0 aliphatic heterocycles. The van der Waals surface area contributed by atoms with E-state index in [4.69, 9.17) is 23.2 Å². The molecule has 1 saturated carbocycles. The first kappa shape index (κ1) is 12.7. The topological polar surface area (TPSA) is 29.1 Å². The lowest BCUT2D eigenvalue weighted by atomic mass is 10.1. The Morgan fingerprint density at radius 3 is 2.47 bits per heavy atom. The van der Waals surface area contributed by atoms with Crippen molar-refractivity contribution in [3.05, 3.63) is 33.8 Å². The lowest BCUT2D eigenvalue weighted by molar-refractivity contribution is 0.0937. The Labute approximate surface area is 111 Å². The van der Waals surface area contributed by atoms with Crippen molar-refractivity contribution in [2.75, 3.05) is 0 Å². The molecule has 1 unspecified atom stereocenters. The van der Waals surface area contributed by atoms with Gasteiger partial charge in [0.2, 0.25) is 0 Å². The summed E-state index contributed by atoms with van der Waals surface area (Å²) >= 11 is 11.7. The summed E-state index contributed by atoms with van der Waals surface area (Å²) in [6.07, 6.45) is 3.65. The molecule has 0 radical (unpaired) electrons. The summed E-state index contributed by atoms with van der Waals surface area (Å²) in [4.78, 5) is 11.9. The lowest BCUT2D eigenvalue weighted by Gasteiger charge is -2.13. The number of carbonyl (C=O) groups excluding carboxylic acids is 1. The maximum atomic E-state index is 11.9. The van der Waals surface area contributed by atoms with Crippen molar-refractivity contribution in [3.8, 4) is 0 Å². The minimum Gasteiger partial charge on any atom is -0.350 e. The molecule has 1 atom stereocenters. The molecule has 2 nitrogen and oxygen atoms in total. The Hall–Kier alpha value is -0.730. The molecular formula is C13H15Cl2NO. The Morgan fingerprint density at radius 1 is 1.35 bits per heavy atom. The van der Waals surface area contributed by atoms with Crippen LogP contribution in [0.15, 0.2) is 18.2 Å². The molecule has 1 fully saturated rings. The van der Waals surface area contributed by atoms with Gasteiger partial charge in [-0.3, -0.25) is 4.79 Å². The van der Waals surface area contributed by atoms with Gasteiger partial charge in [-0.25, -0.2) is 0 Å². The standard InChI is InChI=1S/C13H15Cl2NO/c1-8(4-9-2-3-9)16-13(17)10-5-11(14)7-12(15)6-10/h5-9H,2-4H2,1H3,(H,16,17). The molecule has 1 aromatic rings. The first-order valence-electron chi connectivity index (χ1n) is 5.81. The van der Waals surface area contributed by atoms with E-state index in [1.165, 1.54) is 12.8 Å². The number of amides is 1. The van der Waals surface area contributed by atoms with Gasteiger partial charge in [0, 0.05) is 21.7 Å². The first-order chi connectivity index (χ1) is 8.04. The van der Waals surface area contributed by atoms with E-state index >= 15 is 0 Å². The SMILES string of the molecule is CC(CC1CC1)NC(=O)c1cc(Cl)cc(Cl)c1. The zero-order valence-corrected chi connectivity index (χ0v) is 11.2.